The molecule has 0 aromatic carbocycles. The molecular formula is C13H29ClN2O6P2S2. The van der Waals surface area contributed by atoms with Gasteiger partial charge in [-0.05, 0) is 49.4 Å². The van der Waals surface area contributed by atoms with Gasteiger partial charge in [-0.15, -0.1) is 0 Å². The molecule has 0 atom stereocenters. The van der Waals surface area contributed by atoms with Gasteiger partial charge in [-0.1, -0.05) is 45.7 Å². The van der Waals surface area contributed by atoms with Crippen LogP contribution in [0.4, 0.5) is 0 Å². The molecule has 1 aliphatic rings. The highest BCUT2D eigenvalue weighted by molar-refractivity contribution is 8.06. The van der Waals surface area contributed by atoms with Gasteiger partial charge in [0.2, 0.25) is 0 Å². The number of halogens is 1. The van der Waals surface area contributed by atoms with Gasteiger partial charge in [0.25, 0.3) is 0 Å². The fraction of sp³-hybridized carbons (Fsp3) is 0.692. The summed E-state index contributed by atoms with van der Waals surface area (Å²) in [5.74, 6) is 1.52. The Hall–Kier alpha value is 0.430. The number of aryl methyl sites for hydroxylation is 1. The maximum atomic E-state index is 7.56. The third kappa shape index (κ3) is 35.5. The minimum atomic E-state index is -3.81. The van der Waals surface area contributed by atoms with E-state index in [2.05, 4.69) is 47.4 Å². The van der Waals surface area contributed by atoms with Crippen molar-refractivity contribution >= 4 is 48.7 Å². The first kappa shape index (κ1) is 31.1. The average Bonchev–Trinajstić information content (AvgIpc) is 3.21. The van der Waals surface area contributed by atoms with Crippen molar-refractivity contribution in [1.29, 1.82) is 0 Å². The van der Waals surface area contributed by atoms with Crippen LogP contribution in [0.1, 0.15) is 64.4 Å². The second-order valence-corrected chi connectivity index (χ2v) is 10.1. The third-order valence-corrected chi connectivity index (χ3v) is 1.98. The third-order valence-electron chi connectivity index (χ3n) is 1.78. The Bertz CT molecular complexity index is 525. The fourth-order valence-corrected chi connectivity index (χ4v) is 1.32. The summed E-state index contributed by atoms with van der Waals surface area (Å²) < 4.78 is 0. The maximum Gasteiger partial charge on any atom is 0.319 e. The molecule has 0 amide bonds. The van der Waals surface area contributed by atoms with Gasteiger partial charge in [0.15, 0.2) is 0 Å². The molecule has 156 valence electrons. The lowest BCUT2D eigenvalue weighted by molar-refractivity contribution is 0.361. The Morgan fingerprint density at radius 3 is 1.54 bits per heavy atom. The zero-order valence-corrected chi connectivity index (χ0v) is 19.6. The van der Waals surface area contributed by atoms with E-state index in [9.17, 15) is 0 Å². The highest BCUT2D eigenvalue weighted by atomic mass is 35.5. The summed E-state index contributed by atoms with van der Waals surface area (Å²) in [6.45, 7) is 2.58. The molecule has 1 aromatic heterocycles. The van der Waals surface area contributed by atoms with E-state index < -0.39 is 13.4 Å². The van der Waals surface area contributed by atoms with Gasteiger partial charge < -0.3 is 29.4 Å². The van der Waals surface area contributed by atoms with Crippen LogP contribution >= 0.6 is 25.0 Å². The molecule has 1 aromatic rings. The van der Waals surface area contributed by atoms with Crippen molar-refractivity contribution in [3.8, 4) is 0 Å². The van der Waals surface area contributed by atoms with E-state index in [-0.39, 0.29) is 0 Å². The van der Waals surface area contributed by atoms with Crippen molar-refractivity contribution in [1.82, 2.24) is 9.97 Å². The summed E-state index contributed by atoms with van der Waals surface area (Å²) in [6, 6.07) is 1.79. The number of hydrogen-bond donors (Lipinski definition) is 6. The quantitative estimate of drug-likeness (QED) is 0.267. The van der Waals surface area contributed by atoms with Crippen molar-refractivity contribution in [2.45, 2.75) is 59.8 Å². The average molecular weight is 471 g/mol. The van der Waals surface area contributed by atoms with E-state index >= 15 is 0 Å². The number of rotatable bonds is 1. The van der Waals surface area contributed by atoms with E-state index in [0.29, 0.717) is 11.1 Å². The molecule has 0 aliphatic heterocycles. The zero-order valence-electron chi connectivity index (χ0n) is 15.4. The molecule has 0 unspecified atom stereocenters. The topological polar surface area (TPSA) is 147 Å². The number of nitrogens with zero attached hydrogens (tertiary/aromatic N) is 2. The first-order chi connectivity index (χ1) is 11.7. The van der Waals surface area contributed by atoms with Gasteiger partial charge in [0, 0.05) is 11.6 Å². The molecule has 0 radical (unpaired) electrons. The first-order valence-electron chi connectivity index (χ1n) is 7.75. The van der Waals surface area contributed by atoms with Gasteiger partial charge >= 0.3 is 13.4 Å². The highest BCUT2D eigenvalue weighted by Crippen LogP contribution is 2.38. The molecule has 0 spiro atoms. The molecule has 1 heterocycles. The normalized spacial score (nSPS) is 12.6. The van der Waals surface area contributed by atoms with Crippen LogP contribution in [-0.2, 0) is 23.6 Å². The van der Waals surface area contributed by atoms with Crippen LogP contribution in [0.25, 0.3) is 0 Å². The summed E-state index contributed by atoms with van der Waals surface area (Å²) in [4.78, 5) is 53.8. The number of aromatic nitrogens is 2. The lowest BCUT2D eigenvalue weighted by Gasteiger charge is -1.98. The van der Waals surface area contributed by atoms with Crippen LogP contribution in [-0.4, -0.2) is 39.3 Å². The largest absolute Gasteiger partial charge is 0.325 e. The Kier molecular flexibility index (Phi) is 19.6. The van der Waals surface area contributed by atoms with Gasteiger partial charge in [-0.2, -0.15) is 0 Å². The van der Waals surface area contributed by atoms with E-state index in [1.54, 1.807) is 6.07 Å². The summed E-state index contributed by atoms with van der Waals surface area (Å²) in [6.07, 6.45) is 3.69. The standard InChI is InChI=1S/C8H9ClN2.C3H8.C2H6.2H3O3PS/c1-5-4-7(9)11-8(10-5)6-2-3-6;1-3-2;1-2;2*1-4(2,3)5/h4,6H,2-3H2,1H3;3H2,1-2H3;1-2H3;2*(H3,1,2,3,5). The summed E-state index contributed by atoms with van der Waals surface area (Å²) >= 11 is 13.0. The molecule has 1 aliphatic carbocycles. The van der Waals surface area contributed by atoms with Crippen molar-refractivity contribution in [2.24, 2.45) is 0 Å². The van der Waals surface area contributed by atoms with Gasteiger partial charge in [0.1, 0.15) is 11.0 Å². The van der Waals surface area contributed by atoms with Crippen molar-refractivity contribution in [3.63, 3.8) is 0 Å². The Labute approximate surface area is 170 Å². The van der Waals surface area contributed by atoms with E-state index in [1.165, 1.54) is 19.3 Å². The minimum Gasteiger partial charge on any atom is -0.325 e. The number of hydrogen-bond acceptors (Lipinski definition) is 4. The molecule has 0 saturated heterocycles. The van der Waals surface area contributed by atoms with Gasteiger partial charge in [0.05, 0.1) is 0 Å². The van der Waals surface area contributed by atoms with E-state index in [0.717, 1.165) is 11.5 Å². The van der Waals surface area contributed by atoms with Gasteiger partial charge in [-0.25, -0.2) is 9.97 Å². The molecule has 2 rings (SSSR count). The fourth-order valence-electron chi connectivity index (χ4n) is 1.08. The predicted octanol–water partition coefficient (Wildman–Crippen LogP) is 3.13. The van der Waals surface area contributed by atoms with Crippen molar-refractivity contribution in [3.05, 3.63) is 22.7 Å². The molecule has 6 N–H and O–H groups in total. The van der Waals surface area contributed by atoms with Crippen LogP contribution in [0.5, 0.6) is 0 Å². The predicted molar refractivity (Wildman–Crippen MR) is 113 cm³/mol. The van der Waals surface area contributed by atoms with Crippen LogP contribution < -0.4 is 0 Å². The Morgan fingerprint density at radius 1 is 1.00 bits per heavy atom. The molecule has 8 nitrogen and oxygen atoms in total. The van der Waals surface area contributed by atoms with Crippen LogP contribution in [0.3, 0.4) is 0 Å². The monoisotopic (exact) mass is 470 g/mol. The second kappa shape index (κ2) is 16.4. The highest BCUT2D eigenvalue weighted by Gasteiger charge is 2.26. The van der Waals surface area contributed by atoms with E-state index in [4.69, 9.17) is 41.0 Å². The molecule has 1 saturated carbocycles. The summed E-state index contributed by atoms with van der Waals surface area (Å²) in [7, 11) is 0. The molecule has 1 fully saturated rings. The van der Waals surface area contributed by atoms with Crippen molar-refractivity contribution in [2.75, 3.05) is 0 Å². The van der Waals surface area contributed by atoms with Crippen LogP contribution in [0.15, 0.2) is 6.07 Å². The lowest BCUT2D eigenvalue weighted by Crippen LogP contribution is -1.94. The molecule has 26 heavy (non-hydrogen) atoms. The molecule has 13 heteroatoms. The first-order valence-corrected chi connectivity index (χ1v) is 13.4. The van der Waals surface area contributed by atoms with Crippen LogP contribution in [0.2, 0.25) is 5.15 Å². The summed E-state index contributed by atoms with van der Waals surface area (Å²) in [5, 5.41) is 0.569. The molecular weight excluding hydrogens is 442 g/mol. The Morgan fingerprint density at radius 2 is 1.31 bits per heavy atom. The van der Waals surface area contributed by atoms with Crippen molar-refractivity contribution < 1.29 is 29.4 Å². The minimum absolute atomic E-state index is 0.569. The lowest BCUT2D eigenvalue weighted by atomic mass is 10.3. The smallest absolute Gasteiger partial charge is 0.319 e. The summed E-state index contributed by atoms with van der Waals surface area (Å²) in [5.41, 5.74) is 0.965. The SMILES string of the molecule is CC.CCC.Cc1cc(Cl)nc(C2CC2)n1.OP(O)(O)=S.OP(O)(O)=S. The van der Waals surface area contributed by atoms with Crippen LogP contribution in [0, 0.1) is 6.92 Å². The van der Waals surface area contributed by atoms with E-state index in [1.807, 2.05) is 20.8 Å². The second-order valence-electron chi connectivity index (χ2n) is 4.70. The maximum absolute atomic E-state index is 7.56. The Balaban J connectivity index is -0.000000301. The van der Waals surface area contributed by atoms with Gasteiger partial charge in [-0.3, -0.25) is 0 Å². The molecule has 0 bridgehead atoms. The zero-order chi connectivity index (χ0) is 21.6.